The largest absolute Gasteiger partial charge is 0.297 e. The number of nitriles is 1. The fourth-order valence-corrected chi connectivity index (χ4v) is 3.05. The topological polar surface area (TPSA) is 58.7 Å². The third kappa shape index (κ3) is 1.59. The number of fused-ring (bicyclic) bond motifs is 3. The van der Waals surface area contributed by atoms with Crippen LogP contribution in [-0.2, 0) is 6.54 Å². The second-order valence-electron chi connectivity index (χ2n) is 3.93. The van der Waals surface area contributed by atoms with Crippen molar-refractivity contribution in [1.82, 2.24) is 9.55 Å². The zero-order valence-corrected chi connectivity index (χ0v) is 10.3. The van der Waals surface area contributed by atoms with Crippen LogP contribution in [0.4, 0.5) is 0 Å². The van der Waals surface area contributed by atoms with Gasteiger partial charge in [0, 0.05) is 16.6 Å². The summed E-state index contributed by atoms with van der Waals surface area (Å²) in [4.78, 5) is 16.6. The van der Waals surface area contributed by atoms with Crippen LogP contribution in [0.3, 0.4) is 0 Å². The van der Waals surface area contributed by atoms with Crippen LogP contribution in [-0.4, -0.2) is 9.55 Å². The maximum absolute atomic E-state index is 12.2. The summed E-state index contributed by atoms with van der Waals surface area (Å²) in [5, 5.41) is 9.58. The molecular formula is C13H9N3OS. The standard InChI is InChI=1S/C13H9N3OS/c14-6-3-7-16-8-15-11-9-4-1-2-5-10(9)18-12(11)13(16)17/h1-2,4-5,8H,3,7H2. The van der Waals surface area contributed by atoms with Gasteiger partial charge in [0.05, 0.1) is 24.3 Å². The minimum Gasteiger partial charge on any atom is -0.297 e. The third-order valence-corrected chi connectivity index (χ3v) is 3.96. The van der Waals surface area contributed by atoms with Gasteiger partial charge in [-0.2, -0.15) is 5.26 Å². The maximum Gasteiger partial charge on any atom is 0.271 e. The Morgan fingerprint density at radius 2 is 2.22 bits per heavy atom. The van der Waals surface area contributed by atoms with Crippen molar-refractivity contribution in [2.75, 3.05) is 0 Å². The maximum atomic E-state index is 12.2. The fourth-order valence-electron chi connectivity index (χ4n) is 1.95. The van der Waals surface area contributed by atoms with Crippen LogP contribution in [0.2, 0.25) is 0 Å². The normalized spacial score (nSPS) is 10.8. The molecule has 0 amide bonds. The van der Waals surface area contributed by atoms with Crippen molar-refractivity contribution in [2.24, 2.45) is 0 Å². The van der Waals surface area contributed by atoms with Gasteiger partial charge in [0.25, 0.3) is 5.56 Å². The highest BCUT2D eigenvalue weighted by Gasteiger charge is 2.10. The highest BCUT2D eigenvalue weighted by atomic mass is 32.1. The fraction of sp³-hybridized carbons (Fsp3) is 0.154. The van der Waals surface area contributed by atoms with E-state index >= 15 is 0 Å². The Bertz CT molecular complexity index is 825. The van der Waals surface area contributed by atoms with E-state index in [0.717, 1.165) is 15.6 Å². The minimum absolute atomic E-state index is 0.0588. The SMILES string of the molecule is N#CCCn1cnc2c(sc3ccccc32)c1=O. The predicted octanol–water partition coefficient (Wildman–Crippen LogP) is 2.52. The molecule has 0 bridgehead atoms. The number of aryl methyl sites for hydroxylation is 1. The lowest BCUT2D eigenvalue weighted by atomic mass is 10.2. The number of aromatic nitrogens is 2. The Morgan fingerprint density at radius 3 is 3.06 bits per heavy atom. The minimum atomic E-state index is -0.0588. The molecule has 5 heteroatoms. The molecule has 0 fully saturated rings. The third-order valence-electron chi connectivity index (χ3n) is 2.82. The zero-order valence-electron chi connectivity index (χ0n) is 9.46. The first-order valence-corrected chi connectivity index (χ1v) is 6.36. The number of benzene rings is 1. The first-order chi connectivity index (χ1) is 8.81. The van der Waals surface area contributed by atoms with Gasteiger partial charge in [-0.3, -0.25) is 9.36 Å². The molecule has 0 radical (unpaired) electrons. The molecule has 2 heterocycles. The summed E-state index contributed by atoms with van der Waals surface area (Å²) in [6.07, 6.45) is 1.85. The molecule has 2 aromatic heterocycles. The van der Waals surface area contributed by atoms with Crippen molar-refractivity contribution in [1.29, 1.82) is 5.26 Å². The summed E-state index contributed by atoms with van der Waals surface area (Å²) in [7, 11) is 0. The van der Waals surface area contributed by atoms with Gasteiger partial charge in [-0.05, 0) is 6.07 Å². The molecule has 18 heavy (non-hydrogen) atoms. The number of nitrogens with zero attached hydrogens (tertiary/aromatic N) is 3. The van der Waals surface area contributed by atoms with E-state index in [1.807, 2.05) is 30.3 Å². The average Bonchev–Trinajstić information content (AvgIpc) is 2.78. The summed E-state index contributed by atoms with van der Waals surface area (Å²) in [6, 6.07) is 9.89. The van der Waals surface area contributed by atoms with E-state index in [9.17, 15) is 4.79 Å². The quantitative estimate of drug-likeness (QED) is 0.707. The van der Waals surface area contributed by atoms with E-state index in [0.29, 0.717) is 17.7 Å². The first kappa shape index (κ1) is 10.9. The van der Waals surface area contributed by atoms with Crippen LogP contribution in [0.15, 0.2) is 35.4 Å². The summed E-state index contributed by atoms with van der Waals surface area (Å²) in [5.74, 6) is 0. The van der Waals surface area contributed by atoms with Crippen LogP contribution >= 0.6 is 11.3 Å². The van der Waals surface area contributed by atoms with Gasteiger partial charge < -0.3 is 0 Å². The van der Waals surface area contributed by atoms with E-state index in [-0.39, 0.29) is 5.56 Å². The molecule has 0 aliphatic heterocycles. The second-order valence-corrected chi connectivity index (χ2v) is 4.98. The number of thiophene rings is 1. The van der Waals surface area contributed by atoms with Crippen LogP contribution in [0.1, 0.15) is 6.42 Å². The first-order valence-electron chi connectivity index (χ1n) is 5.55. The molecule has 88 valence electrons. The molecule has 0 atom stereocenters. The Morgan fingerprint density at radius 1 is 1.39 bits per heavy atom. The lowest BCUT2D eigenvalue weighted by molar-refractivity contribution is 0.679. The number of hydrogen-bond donors (Lipinski definition) is 0. The van der Waals surface area contributed by atoms with Crippen molar-refractivity contribution in [2.45, 2.75) is 13.0 Å². The van der Waals surface area contributed by atoms with E-state index in [4.69, 9.17) is 5.26 Å². The van der Waals surface area contributed by atoms with Gasteiger partial charge in [-0.15, -0.1) is 11.3 Å². The van der Waals surface area contributed by atoms with Gasteiger partial charge in [-0.25, -0.2) is 4.98 Å². The molecule has 0 aliphatic rings. The Balaban J connectivity index is 2.30. The van der Waals surface area contributed by atoms with Crippen molar-refractivity contribution in [3.8, 4) is 6.07 Å². The summed E-state index contributed by atoms with van der Waals surface area (Å²) in [5.41, 5.74) is 0.699. The highest BCUT2D eigenvalue weighted by molar-refractivity contribution is 7.25. The van der Waals surface area contributed by atoms with Gasteiger partial charge in [-0.1, -0.05) is 18.2 Å². The summed E-state index contributed by atoms with van der Waals surface area (Å²) in [6.45, 7) is 0.395. The van der Waals surface area contributed by atoms with Crippen LogP contribution in [0.25, 0.3) is 20.3 Å². The molecule has 3 aromatic rings. The molecule has 0 spiro atoms. The number of rotatable bonds is 2. The lowest BCUT2D eigenvalue weighted by Crippen LogP contribution is -2.19. The van der Waals surface area contributed by atoms with Crippen molar-refractivity contribution in [3.63, 3.8) is 0 Å². The Kier molecular flexibility index (Phi) is 2.58. The van der Waals surface area contributed by atoms with E-state index in [1.165, 1.54) is 22.2 Å². The average molecular weight is 255 g/mol. The number of hydrogen-bond acceptors (Lipinski definition) is 4. The lowest BCUT2D eigenvalue weighted by Gasteiger charge is -2.00. The molecule has 0 aliphatic carbocycles. The van der Waals surface area contributed by atoms with Gasteiger partial charge in [0.2, 0.25) is 0 Å². The molecule has 1 aromatic carbocycles. The predicted molar refractivity (Wildman–Crippen MR) is 71.6 cm³/mol. The summed E-state index contributed by atoms with van der Waals surface area (Å²) >= 11 is 1.46. The van der Waals surface area contributed by atoms with Crippen LogP contribution in [0, 0.1) is 11.3 Å². The van der Waals surface area contributed by atoms with Crippen molar-refractivity contribution < 1.29 is 0 Å². The van der Waals surface area contributed by atoms with Crippen LogP contribution < -0.4 is 5.56 Å². The van der Waals surface area contributed by atoms with Gasteiger partial charge in [0.1, 0.15) is 4.70 Å². The zero-order chi connectivity index (χ0) is 12.5. The molecule has 3 rings (SSSR count). The molecule has 0 N–H and O–H groups in total. The van der Waals surface area contributed by atoms with Gasteiger partial charge >= 0.3 is 0 Å². The van der Waals surface area contributed by atoms with E-state index in [2.05, 4.69) is 4.98 Å². The van der Waals surface area contributed by atoms with Crippen molar-refractivity contribution in [3.05, 3.63) is 40.9 Å². The highest BCUT2D eigenvalue weighted by Crippen LogP contribution is 2.29. The molecular weight excluding hydrogens is 246 g/mol. The Labute approximate surface area is 107 Å². The molecule has 4 nitrogen and oxygen atoms in total. The smallest absolute Gasteiger partial charge is 0.271 e. The van der Waals surface area contributed by atoms with E-state index < -0.39 is 0 Å². The molecule has 0 unspecified atom stereocenters. The van der Waals surface area contributed by atoms with E-state index in [1.54, 1.807) is 0 Å². The summed E-state index contributed by atoms with van der Waals surface area (Å²) < 4.78 is 3.23. The van der Waals surface area contributed by atoms with Crippen LogP contribution in [0.5, 0.6) is 0 Å². The molecule has 0 saturated carbocycles. The monoisotopic (exact) mass is 255 g/mol. The Hall–Kier alpha value is -2.19. The molecule has 0 saturated heterocycles. The van der Waals surface area contributed by atoms with Gasteiger partial charge in [0.15, 0.2) is 0 Å². The van der Waals surface area contributed by atoms with Crippen molar-refractivity contribution >= 4 is 31.6 Å². The second kappa shape index (κ2) is 4.24.